The van der Waals surface area contributed by atoms with Crippen molar-refractivity contribution in [2.45, 2.75) is 12.1 Å². The maximum Gasteiger partial charge on any atom is 0.243 e. The molecule has 4 aromatic carbocycles. The van der Waals surface area contributed by atoms with Gasteiger partial charge in [0.05, 0.1) is 16.6 Å². The number of fused-ring (bicyclic) bond motifs is 1. The minimum Gasteiger partial charge on any atom is -0.471 e. The zero-order chi connectivity index (χ0) is 26.0. The van der Waals surface area contributed by atoms with E-state index < -0.39 is 5.54 Å². The Morgan fingerprint density at radius 3 is 1.68 bits per heavy atom. The van der Waals surface area contributed by atoms with Crippen molar-refractivity contribution in [3.05, 3.63) is 167 Å². The number of hydrogen-bond donors (Lipinski definition) is 0. The maximum atomic E-state index is 6.53. The Kier molecular flexibility index (Phi) is 6.40. The van der Waals surface area contributed by atoms with Crippen LogP contribution < -0.4 is 4.74 Å². The SMILES string of the molecule is [CH2]c1nc(Cl)cc2c1c(OCc1ccccc1)nn2C(c1ccccc1)(c1ccccc1)c1ccccc1. The molecular weight excluding hydrogens is 490 g/mol. The van der Waals surface area contributed by atoms with Crippen molar-refractivity contribution in [1.82, 2.24) is 14.8 Å². The number of aromatic nitrogens is 3. The van der Waals surface area contributed by atoms with E-state index in [9.17, 15) is 0 Å². The third-order valence-corrected chi connectivity index (χ3v) is 6.98. The van der Waals surface area contributed by atoms with Crippen molar-refractivity contribution in [2.24, 2.45) is 0 Å². The zero-order valence-corrected chi connectivity index (χ0v) is 21.4. The summed E-state index contributed by atoms with van der Waals surface area (Å²) in [6.45, 7) is 4.58. The molecule has 0 aliphatic rings. The van der Waals surface area contributed by atoms with Gasteiger partial charge in [-0.1, -0.05) is 133 Å². The Balaban J connectivity index is 1.69. The highest BCUT2D eigenvalue weighted by Crippen LogP contribution is 2.44. The molecule has 6 rings (SSSR count). The molecule has 1 radical (unpaired) electrons. The Morgan fingerprint density at radius 2 is 1.18 bits per heavy atom. The second-order valence-corrected chi connectivity index (χ2v) is 9.47. The number of nitrogens with zero attached hydrogens (tertiary/aromatic N) is 3. The average molecular weight is 515 g/mol. The van der Waals surface area contributed by atoms with E-state index in [-0.39, 0.29) is 0 Å². The van der Waals surface area contributed by atoms with E-state index in [0.29, 0.717) is 23.3 Å². The number of benzene rings is 4. The average Bonchev–Trinajstić information content (AvgIpc) is 3.33. The molecule has 0 saturated heterocycles. The molecule has 0 unspecified atom stereocenters. The van der Waals surface area contributed by atoms with Crippen LogP contribution in [0, 0.1) is 6.92 Å². The van der Waals surface area contributed by atoms with Crippen LogP contribution in [0.5, 0.6) is 5.88 Å². The molecule has 0 aliphatic carbocycles. The lowest BCUT2D eigenvalue weighted by Gasteiger charge is -2.36. The molecule has 0 fully saturated rings. The van der Waals surface area contributed by atoms with Crippen molar-refractivity contribution in [3.63, 3.8) is 0 Å². The van der Waals surface area contributed by atoms with Crippen LogP contribution in [-0.4, -0.2) is 14.8 Å². The number of ether oxygens (including phenoxy) is 1. The molecule has 0 amide bonds. The molecule has 185 valence electrons. The van der Waals surface area contributed by atoms with Crippen molar-refractivity contribution in [2.75, 3.05) is 0 Å². The summed E-state index contributed by atoms with van der Waals surface area (Å²) < 4.78 is 8.37. The van der Waals surface area contributed by atoms with Crippen molar-refractivity contribution in [3.8, 4) is 5.88 Å². The third kappa shape index (κ3) is 4.13. The molecule has 0 spiro atoms. The molecule has 0 N–H and O–H groups in total. The van der Waals surface area contributed by atoms with Gasteiger partial charge in [0.25, 0.3) is 0 Å². The first kappa shape index (κ1) is 24.0. The summed E-state index contributed by atoms with van der Waals surface area (Å²) in [5.41, 5.74) is 4.68. The van der Waals surface area contributed by atoms with Gasteiger partial charge in [0.1, 0.15) is 17.3 Å². The second kappa shape index (κ2) is 10.2. The van der Waals surface area contributed by atoms with Gasteiger partial charge in [-0.25, -0.2) is 9.67 Å². The van der Waals surface area contributed by atoms with Gasteiger partial charge in [-0.05, 0) is 29.2 Å². The Bertz CT molecular complexity index is 1570. The normalized spacial score (nSPS) is 11.5. The highest BCUT2D eigenvalue weighted by molar-refractivity contribution is 6.30. The van der Waals surface area contributed by atoms with E-state index in [1.54, 1.807) is 0 Å². The number of halogens is 1. The fourth-order valence-corrected chi connectivity index (χ4v) is 5.34. The van der Waals surface area contributed by atoms with Gasteiger partial charge in [-0.15, -0.1) is 5.10 Å². The van der Waals surface area contributed by atoms with Crippen LogP contribution in [0.15, 0.2) is 127 Å². The van der Waals surface area contributed by atoms with E-state index in [1.807, 2.05) is 59.3 Å². The van der Waals surface area contributed by atoms with Gasteiger partial charge in [-0.2, -0.15) is 0 Å². The van der Waals surface area contributed by atoms with Gasteiger partial charge < -0.3 is 4.74 Å². The second-order valence-electron chi connectivity index (χ2n) is 9.09. The summed E-state index contributed by atoms with van der Waals surface area (Å²) >= 11 is 6.53. The number of hydrogen-bond acceptors (Lipinski definition) is 3. The first-order valence-corrected chi connectivity index (χ1v) is 12.8. The first-order valence-electron chi connectivity index (χ1n) is 12.4. The van der Waals surface area contributed by atoms with E-state index in [2.05, 4.69) is 84.7 Å². The molecule has 6 aromatic rings. The molecule has 4 nitrogen and oxygen atoms in total. The Morgan fingerprint density at radius 1 is 0.711 bits per heavy atom. The van der Waals surface area contributed by atoms with E-state index in [0.717, 1.165) is 33.2 Å². The minimum atomic E-state index is -0.826. The van der Waals surface area contributed by atoms with Crippen LogP contribution in [-0.2, 0) is 12.1 Å². The summed E-state index contributed by atoms with van der Waals surface area (Å²) in [5, 5.41) is 6.25. The van der Waals surface area contributed by atoms with E-state index in [4.69, 9.17) is 21.4 Å². The molecular formula is C33H25ClN3O. The lowest BCUT2D eigenvalue weighted by atomic mass is 9.77. The smallest absolute Gasteiger partial charge is 0.243 e. The third-order valence-electron chi connectivity index (χ3n) is 6.79. The molecule has 0 atom stereocenters. The van der Waals surface area contributed by atoms with E-state index in [1.165, 1.54) is 0 Å². The van der Waals surface area contributed by atoms with Crippen LogP contribution in [0.1, 0.15) is 27.9 Å². The summed E-state index contributed by atoms with van der Waals surface area (Å²) in [6, 6.07) is 43.0. The molecule has 38 heavy (non-hydrogen) atoms. The molecule has 5 heteroatoms. The quantitative estimate of drug-likeness (QED) is 0.162. The van der Waals surface area contributed by atoms with Crippen molar-refractivity contribution >= 4 is 22.5 Å². The van der Waals surface area contributed by atoms with Crippen molar-refractivity contribution < 1.29 is 4.74 Å². The highest BCUT2D eigenvalue weighted by atomic mass is 35.5. The minimum absolute atomic E-state index is 0.348. The van der Waals surface area contributed by atoms with E-state index >= 15 is 0 Å². The molecule has 2 heterocycles. The molecule has 2 aromatic heterocycles. The Labute approximate surface area is 227 Å². The monoisotopic (exact) mass is 514 g/mol. The van der Waals surface area contributed by atoms with Crippen LogP contribution >= 0.6 is 11.6 Å². The van der Waals surface area contributed by atoms with Gasteiger partial charge in [0.2, 0.25) is 5.88 Å². The number of pyridine rings is 1. The summed E-state index contributed by atoms with van der Waals surface area (Å²) in [5.74, 6) is 0.463. The van der Waals surface area contributed by atoms with Gasteiger partial charge >= 0.3 is 0 Å². The molecule has 0 aliphatic heterocycles. The molecule has 0 bridgehead atoms. The zero-order valence-electron chi connectivity index (χ0n) is 20.7. The van der Waals surface area contributed by atoms with Gasteiger partial charge in [-0.3, -0.25) is 0 Å². The van der Waals surface area contributed by atoms with Gasteiger partial charge in [0, 0.05) is 6.07 Å². The van der Waals surface area contributed by atoms with Crippen LogP contribution in [0.2, 0.25) is 5.15 Å². The fraction of sp³-hybridized carbons (Fsp3) is 0.0606. The fourth-order valence-electron chi connectivity index (χ4n) is 5.13. The standard InChI is InChI=1S/C33H25ClN3O/c1-24-31-29(22-30(34)35-24)37(36-32(31)38-23-25-14-6-2-7-15-25)33(26-16-8-3-9-17-26,27-18-10-4-11-19-27)28-20-12-5-13-21-28/h2-22H,1,23H2. The lowest BCUT2D eigenvalue weighted by molar-refractivity contribution is 0.288. The summed E-state index contributed by atoms with van der Waals surface area (Å²) in [7, 11) is 0. The topological polar surface area (TPSA) is 39.9 Å². The van der Waals surface area contributed by atoms with Crippen LogP contribution in [0.4, 0.5) is 0 Å². The number of rotatable bonds is 7. The van der Waals surface area contributed by atoms with Crippen LogP contribution in [0.25, 0.3) is 10.9 Å². The van der Waals surface area contributed by atoms with Crippen molar-refractivity contribution in [1.29, 1.82) is 0 Å². The summed E-state index contributed by atoms with van der Waals surface area (Å²) in [4.78, 5) is 4.45. The first-order chi connectivity index (χ1) is 18.7. The lowest BCUT2D eigenvalue weighted by Crippen LogP contribution is -2.38. The predicted octanol–water partition coefficient (Wildman–Crippen LogP) is 7.69. The van der Waals surface area contributed by atoms with Gasteiger partial charge in [0.15, 0.2) is 0 Å². The maximum absolute atomic E-state index is 6.53. The molecule has 0 saturated carbocycles. The Hall–Kier alpha value is -4.41. The largest absolute Gasteiger partial charge is 0.471 e. The van der Waals surface area contributed by atoms with Crippen LogP contribution in [0.3, 0.4) is 0 Å². The summed E-state index contributed by atoms with van der Waals surface area (Å²) in [6.07, 6.45) is 0. The highest BCUT2D eigenvalue weighted by Gasteiger charge is 2.41. The predicted molar refractivity (Wildman–Crippen MR) is 152 cm³/mol.